The molecule has 3 heteroatoms. The average Bonchev–Trinajstić information content (AvgIpc) is 2.58. The Bertz CT molecular complexity index is 376. The smallest absolute Gasteiger partial charge is 0.0406 e. The van der Waals surface area contributed by atoms with Gasteiger partial charge in [-0.15, -0.1) is 0 Å². The van der Waals surface area contributed by atoms with Crippen molar-refractivity contribution in [2.24, 2.45) is 0 Å². The van der Waals surface area contributed by atoms with Crippen molar-refractivity contribution in [2.45, 2.75) is 25.8 Å². The molecule has 0 amide bonds. The van der Waals surface area contributed by atoms with E-state index in [-0.39, 0.29) is 0 Å². The van der Waals surface area contributed by atoms with Crippen molar-refractivity contribution in [3.8, 4) is 0 Å². The largest absolute Gasteiger partial charge is 0.368 e. The molecule has 0 radical (unpaired) electrons. The van der Waals surface area contributed by atoms with E-state index in [2.05, 4.69) is 58.2 Å². The SMILES string of the molecule is CNCC1CN(C(C)C)c2ccc(Br)cc21. The maximum Gasteiger partial charge on any atom is 0.0406 e. The number of hydrogen-bond acceptors (Lipinski definition) is 2. The lowest BCUT2D eigenvalue weighted by Gasteiger charge is -2.24. The number of nitrogens with one attached hydrogen (secondary N) is 1. The first-order valence-electron chi connectivity index (χ1n) is 5.84. The summed E-state index contributed by atoms with van der Waals surface area (Å²) < 4.78 is 1.18. The highest BCUT2D eigenvalue weighted by Gasteiger charge is 2.29. The van der Waals surface area contributed by atoms with Crippen molar-refractivity contribution >= 4 is 21.6 Å². The van der Waals surface area contributed by atoms with Gasteiger partial charge in [-0.25, -0.2) is 0 Å². The molecular formula is C13H19BrN2. The minimum absolute atomic E-state index is 0.571. The Kier molecular flexibility index (Phi) is 3.55. The van der Waals surface area contributed by atoms with Crippen LogP contribution in [0.4, 0.5) is 5.69 Å². The lowest BCUT2D eigenvalue weighted by Crippen LogP contribution is -2.31. The maximum absolute atomic E-state index is 3.56. The summed E-state index contributed by atoms with van der Waals surface area (Å²) in [5.74, 6) is 0.611. The molecule has 1 N–H and O–H groups in total. The predicted molar refractivity (Wildman–Crippen MR) is 73.3 cm³/mol. The number of hydrogen-bond donors (Lipinski definition) is 1. The van der Waals surface area contributed by atoms with E-state index in [0.29, 0.717) is 12.0 Å². The van der Waals surface area contributed by atoms with Gasteiger partial charge in [-0.05, 0) is 44.7 Å². The normalized spacial score (nSPS) is 19.3. The molecule has 0 saturated heterocycles. The molecular weight excluding hydrogens is 264 g/mol. The molecule has 0 saturated carbocycles. The van der Waals surface area contributed by atoms with Crippen LogP contribution in [0, 0.1) is 0 Å². The van der Waals surface area contributed by atoms with E-state index in [1.54, 1.807) is 0 Å². The Morgan fingerprint density at radius 3 is 2.88 bits per heavy atom. The van der Waals surface area contributed by atoms with Gasteiger partial charge in [-0.1, -0.05) is 15.9 Å². The highest BCUT2D eigenvalue weighted by molar-refractivity contribution is 9.10. The van der Waals surface area contributed by atoms with Crippen LogP contribution in [0.5, 0.6) is 0 Å². The van der Waals surface area contributed by atoms with Crippen LogP contribution in [0.3, 0.4) is 0 Å². The Morgan fingerprint density at radius 1 is 1.50 bits per heavy atom. The molecule has 1 aliphatic heterocycles. The standard InChI is InChI=1S/C13H19BrN2/c1-9(2)16-8-10(7-15-3)12-6-11(14)4-5-13(12)16/h4-6,9-10,15H,7-8H2,1-3H3. The fraction of sp³-hybridized carbons (Fsp3) is 0.538. The summed E-state index contributed by atoms with van der Waals surface area (Å²) in [6.45, 7) is 6.69. The first-order chi connectivity index (χ1) is 7.63. The van der Waals surface area contributed by atoms with Gasteiger partial charge in [0.25, 0.3) is 0 Å². The van der Waals surface area contributed by atoms with Crippen LogP contribution < -0.4 is 10.2 Å². The van der Waals surface area contributed by atoms with Crippen molar-refractivity contribution in [3.05, 3.63) is 28.2 Å². The van der Waals surface area contributed by atoms with Crippen LogP contribution >= 0.6 is 15.9 Å². The van der Waals surface area contributed by atoms with E-state index in [0.717, 1.165) is 13.1 Å². The second kappa shape index (κ2) is 4.76. The molecule has 1 atom stereocenters. The van der Waals surface area contributed by atoms with Crippen LogP contribution in [-0.2, 0) is 0 Å². The van der Waals surface area contributed by atoms with Crippen LogP contribution in [0.25, 0.3) is 0 Å². The molecule has 0 aromatic heterocycles. The maximum atomic E-state index is 3.56. The van der Waals surface area contributed by atoms with E-state index in [1.807, 2.05) is 7.05 Å². The van der Waals surface area contributed by atoms with Crippen LogP contribution in [-0.4, -0.2) is 26.2 Å². The molecule has 1 aromatic rings. The Morgan fingerprint density at radius 2 is 2.25 bits per heavy atom. The Balaban J connectivity index is 2.36. The van der Waals surface area contributed by atoms with Gasteiger partial charge >= 0.3 is 0 Å². The second-order valence-corrected chi connectivity index (χ2v) is 5.62. The van der Waals surface area contributed by atoms with Gasteiger partial charge in [0.15, 0.2) is 0 Å². The topological polar surface area (TPSA) is 15.3 Å². The molecule has 0 fully saturated rings. The highest BCUT2D eigenvalue weighted by Crippen LogP contribution is 2.38. The van der Waals surface area contributed by atoms with Gasteiger partial charge in [0.2, 0.25) is 0 Å². The fourth-order valence-corrected chi connectivity index (χ4v) is 2.84. The van der Waals surface area contributed by atoms with Crippen molar-refractivity contribution in [1.29, 1.82) is 0 Å². The van der Waals surface area contributed by atoms with Gasteiger partial charge in [-0.2, -0.15) is 0 Å². The zero-order valence-corrected chi connectivity index (χ0v) is 11.7. The molecule has 0 spiro atoms. The molecule has 88 valence electrons. The number of anilines is 1. The summed E-state index contributed by atoms with van der Waals surface area (Å²) in [4.78, 5) is 2.49. The minimum atomic E-state index is 0.571. The fourth-order valence-electron chi connectivity index (χ4n) is 2.46. The summed E-state index contributed by atoms with van der Waals surface area (Å²) in [7, 11) is 2.02. The summed E-state index contributed by atoms with van der Waals surface area (Å²) in [5.41, 5.74) is 2.87. The van der Waals surface area contributed by atoms with Crippen molar-refractivity contribution in [3.63, 3.8) is 0 Å². The molecule has 16 heavy (non-hydrogen) atoms. The minimum Gasteiger partial charge on any atom is -0.368 e. The van der Waals surface area contributed by atoms with Gasteiger partial charge in [0.1, 0.15) is 0 Å². The molecule has 2 rings (SSSR count). The monoisotopic (exact) mass is 282 g/mol. The van der Waals surface area contributed by atoms with Crippen LogP contribution in [0.15, 0.2) is 22.7 Å². The van der Waals surface area contributed by atoms with Crippen molar-refractivity contribution < 1.29 is 0 Å². The summed E-state index contributed by atoms with van der Waals surface area (Å²) in [6, 6.07) is 7.20. The van der Waals surface area contributed by atoms with E-state index >= 15 is 0 Å². The van der Waals surface area contributed by atoms with Crippen LogP contribution in [0.2, 0.25) is 0 Å². The number of halogens is 1. The Labute approximate surface area is 106 Å². The molecule has 0 bridgehead atoms. The third-order valence-corrected chi connectivity index (χ3v) is 3.72. The molecule has 1 unspecified atom stereocenters. The Hall–Kier alpha value is -0.540. The highest BCUT2D eigenvalue weighted by atomic mass is 79.9. The molecule has 0 aliphatic carbocycles. The van der Waals surface area contributed by atoms with Crippen molar-refractivity contribution in [1.82, 2.24) is 5.32 Å². The summed E-state index contributed by atoms with van der Waals surface area (Å²) in [6.07, 6.45) is 0. The quantitative estimate of drug-likeness (QED) is 0.917. The predicted octanol–water partition coefficient (Wildman–Crippen LogP) is 2.98. The number of rotatable bonds is 3. The van der Waals surface area contributed by atoms with Gasteiger partial charge in [0.05, 0.1) is 0 Å². The molecule has 1 aliphatic rings. The second-order valence-electron chi connectivity index (χ2n) is 4.70. The first kappa shape index (κ1) is 11.9. The number of fused-ring (bicyclic) bond motifs is 1. The van der Waals surface area contributed by atoms with E-state index in [9.17, 15) is 0 Å². The van der Waals surface area contributed by atoms with Crippen molar-refractivity contribution in [2.75, 3.05) is 25.0 Å². The third-order valence-electron chi connectivity index (χ3n) is 3.23. The number of benzene rings is 1. The molecule has 1 heterocycles. The first-order valence-corrected chi connectivity index (χ1v) is 6.63. The molecule has 1 aromatic carbocycles. The summed E-state index contributed by atoms with van der Waals surface area (Å²) >= 11 is 3.56. The lowest BCUT2D eigenvalue weighted by atomic mass is 10.0. The number of nitrogens with zero attached hydrogens (tertiary/aromatic N) is 1. The van der Waals surface area contributed by atoms with Gasteiger partial charge in [-0.3, -0.25) is 0 Å². The lowest BCUT2D eigenvalue weighted by molar-refractivity contribution is 0.611. The zero-order valence-electron chi connectivity index (χ0n) is 10.1. The van der Waals surface area contributed by atoms with E-state index in [4.69, 9.17) is 0 Å². The van der Waals surface area contributed by atoms with Gasteiger partial charge in [0, 0.05) is 35.2 Å². The average molecular weight is 283 g/mol. The van der Waals surface area contributed by atoms with E-state index in [1.165, 1.54) is 15.7 Å². The van der Waals surface area contributed by atoms with Gasteiger partial charge < -0.3 is 10.2 Å². The molecule has 2 nitrogen and oxygen atoms in total. The van der Waals surface area contributed by atoms with E-state index < -0.39 is 0 Å². The summed E-state index contributed by atoms with van der Waals surface area (Å²) in [5, 5.41) is 3.29. The zero-order chi connectivity index (χ0) is 11.7. The third kappa shape index (κ3) is 2.11. The number of likely N-dealkylation sites (N-methyl/N-ethyl adjacent to an activating group) is 1. The van der Waals surface area contributed by atoms with Crippen LogP contribution in [0.1, 0.15) is 25.3 Å².